The van der Waals surface area contributed by atoms with Gasteiger partial charge in [0.2, 0.25) is 5.75 Å². The van der Waals surface area contributed by atoms with Gasteiger partial charge in [0.1, 0.15) is 0 Å². The van der Waals surface area contributed by atoms with Crippen LogP contribution in [0.5, 0.6) is 17.2 Å². The van der Waals surface area contributed by atoms with Crippen LogP contribution in [0, 0.1) is 0 Å². The highest BCUT2D eigenvalue weighted by Gasteiger charge is 2.14. The number of hydrogen-bond acceptors (Lipinski definition) is 6. The number of ether oxygens (including phenoxy) is 3. The Hall–Kier alpha value is -2.15. The first kappa shape index (κ1) is 15.9. The Morgan fingerprint density at radius 1 is 1.25 bits per heavy atom. The largest absolute Gasteiger partial charge is 0.493 e. The third kappa shape index (κ3) is 4.51. The zero-order valence-corrected chi connectivity index (χ0v) is 11.8. The second-order valence-corrected chi connectivity index (χ2v) is 4.04. The van der Waals surface area contributed by atoms with Gasteiger partial charge in [-0.25, -0.2) is 0 Å². The van der Waals surface area contributed by atoms with Crippen molar-refractivity contribution in [3.8, 4) is 17.2 Å². The topological polar surface area (TPSA) is 109 Å². The van der Waals surface area contributed by atoms with Gasteiger partial charge in [0.15, 0.2) is 18.1 Å². The molecule has 0 aromatic heterocycles. The van der Waals surface area contributed by atoms with Crippen LogP contribution < -0.4 is 31.0 Å². The molecule has 1 aromatic rings. The number of carbonyl (C=O) groups excluding carboxylic acids is 1. The summed E-state index contributed by atoms with van der Waals surface area (Å²) in [6.07, 6.45) is 0.722. The van der Waals surface area contributed by atoms with E-state index < -0.39 is 0 Å². The van der Waals surface area contributed by atoms with Gasteiger partial charge in [0.25, 0.3) is 5.91 Å². The molecular formula is C13H21N3O4. The van der Waals surface area contributed by atoms with Crippen LogP contribution in [0.3, 0.4) is 0 Å². The molecule has 0 spiro atoms. The predicted molar refractivity (Wildman–Crippen MR) is 76.1 cm³/mol. The fourth-order valence-electron chi connectivity index (χ4n) is 1.56. The number of benzene rings is 1. The van der Waals surface area contributed by atoms with E-state index in [9.17, 15) is 4.79 Å². The van der Waals surface area contributed by atoms with Crippen LogP contribution in [0.4, 0.5) is 5.69 Å². The minimum absolute atomic E-state index is 0.138. The molecule has 0 aliphatic rings. The molecule has 5 N–H and O–H groups in total. The van der Waals surface area contributed by atoms with Crippen molar-refractivity contribution in [1.82, 2.24) is 5.32 Å². The Balaban J connectivity index is 2.69. The summed E-state index contributed by atoms with van der Waals surface area (Å²) in [6.45, 7) is 0.913. The summed E-state index contributed by atoms with van der Waals surface area (Å²) in [4.78, 5) is 11.6. The molecule has 1 rings (SSSR count). The third-order valence-corrected chi connectivity index (χ3v) is 2.53. The fourth-order valence-corrected chi connectivity index (χ4v) is 1.56. The highest BCUT2D eigenvalue weighted by Crippen LogP contribution is 2.39. The molecule has 0 radical (unpaired) electrons. The quantitative estimate of drug-likeness (QED) is 0.462. The SMILES string of the molecule is COc1cc(N)cc(OC)c1OCC(=O)NCCCN. The van der Waals surface area contributed by atoms with Crippen molar-refractivity contribution >= 4 is 11.6 Å². The Kier molecular flexibility index (Phi) is 6.45. The average molecular weight is 283 g/mol. The van der Waals surface area contributed by atoms with Crippen molar-refractivity contribution in [3.63, 3.8) is 0 Å². The number of nitrogens with one attached hydrogen (secondary N) is 1. The van der Waals surface area contributed by atoms with E-state index in [-0.39, 0.29) is 12.5 Å². The Morgan fingerprint density at radius 2 is 1.85 bits per heavy atom. The number of nitrogens with two attached hydrogens (primary N) is 2. The lowest BCUT2D eigenvalue weighted by molar-refractivity contribution is -0.123. The van der Waals surface area contributed by atoms with Crippen molar-refractivity contribution in [1.29, 1.82) is 0 Å². The average Bonchev–Trinajstić information content (AvgIpc) is 2.45. The van der Waals surface area contributed by atoms with E-state index in [0.717, 1.165) is 6.42 Å². The van der Waals surface area contributed by atoms with Gasteiger partial charge in [0.05, 0.1) is 14.2 Å². The van der Waals surface area contributed by atoms with Crippen molar-refractivity contribution in [2.24, 2.45) is 5.73 Å². The standard InChI is InChI=1S/C13H21N3O4/c1-18-10-6-9(15)7-11(19-2)13(10)20-8-12(17)16-5-3-4-14/h6-7H,3-5,8,14-15H2,1-2H3,(H,16,17). The predicted octanol–water partition coefficient (Wildman–Crippen LogP) is 0.130. The first-order valence-electron chi connectivity index (χ1n) is 6.23. The minimum atomic E-state index is -0.237. The molecule has 0 atom stereocenters. The molecule has 1 amide bonds. The monoisotopic (exact) mass is 283 g/mol. The molecule has 0 saturated heterocycles. The normalized spacial score (nSPS) is 9.95. The van der Waals surface area contributed by atoms with Crippen LogP contribution >= 0.6 is 0 Å². The van der Waals surface area contributed by atoms with Crippen LogP contribution in [0.1, 0.15) is 6.42 Å². The van der Waals surface area contributed by atoms with E-state index in [1.807, 2.05) is 0 Å². The number of anilines is 1. The molecule has 112 valence electrons. The maximum atomic E-state index is 11.6. The smallest absolute Gasteiger partial charge is 0.257 e. The number of hydrogen-bond donors (Lipinski definition) is 3. The van der Waals surface area contributed by atoms with E-state index in [0.29, 0.717) is 36.0 Å². The molecule has 0 bridgehead atoms. The molecule has 1 aromatic carbocycles. The first-order valence-corrected chi connectivity index (χ1v) is 6.23. The summed E-state index contributed by atoms with van der Waals surface area (Å²) in [5.74, 6) is 0.936. The molecule has 0 heterocycles. The molecule has 0 aliphatic heterocycles. The van der Waals surface area contributed by atoms with Gasteiger partial charge in [-0.05, 0) is 13.0 Å². The Bertz CT molecular complexity index is 426. The van der Waals surface area contributed by atoms with Gasteiger partial charge in [-0.15, -0.1) is 0 Å². The molecular weight excluding hydrogens is 262 g/mol. The second kappa shape index (κ2) is 8.11. The summed E-state index contributed by atoms with van der Waals surface area (Å²) < 4.78 is 15.8. The maximum Gasteiger partial charge on any atom is 0.257 e. The number of rotatable bonds is 8. The summed E-state index contributed by atoms with van der Waals surface area (Å²) in [7, 11) is 2.98. The highest BCUT2D eigenvalue weighted by molar-refractivity contribution is 5.77. The maximum absolute atomic E-state index is 11.6. The van der Waals surface area contributed by atoms with Crippen molar-refractivity contribution < 1.29 is 19.0 Å². The lowest BCUT2D eigenvalue weighted by Crippen LogP contribution is -2.30. The lowest BCUT2D eigenvalue weighted by Gasteiger charge is -2.15. The Labute approximate surface area is 118 Å². The van der Waals surface area contributed by atoms with E-state index >= 15 is 0 Å². The molecule has 7 nitrogen and oxygen atoms in total. The van der Waals surface area contributed by atoms with Gasteiger partial charge in [-0.3, -0.25) is 4.79 Å². The fraction of sp³-hybridized carbons (Fsp3) is 0.462. The van der Waals surface area contributed by atoms with Crippen LogP contribution in [0.25, 0.3) is 0 Å². The van der Waals surface area contributed by atoms with Crippen LogP contribution in [-0.4, -0.2) is 39.8 Å². The zero-order valence-electron chi connectivity index (χ0n) is 11.8. The van der Waals surface area contributed by atoms with E-state index in [1.165, 1.54) is 14.2 Å². The number of nitrogen functional groups attached to an aromatic ring is 1. The summed E-state index contributed by atoms with van der Waals surface area (Å²) in [6, 6.07) is 3.20. The van der Waals surface area contributed by atoms with Gasteiger partial charge >= 0.3 is 0 Å². The number of amides is 1. The summed E-state index contributed by atoms with van der Waals surface area (Å²) in [5, 5.41) is 2.69. The van der Waals surface area contributed by atoms with E-state index in [2.05, 4.69) is 5.32 Å². The van der Waals surface area contributed by atoms with E-state index in [4.69, 9.17) is 25.7 Å². The van der Waals surface area contributed by atoms with Gasteiger partial charge in [-0.1, -0.05) is 0 Å². The number of carbonyl (C=O) groups is 1. The second-order valence-electron chi connectivity index (χ2n) is 4.04. The lowest BCUT2D eigenvalue weighted by atomic mass is 10.2. The summed E-state index contributed by atoms with van der Waals surface area (Å²) in [5.41, 5.74) is 11.5. The minimum Gasteiger partial charge on any atom is -0.493 e. The number of methoxy groups -OCH3 is 2. The van der Waals surface area contributed by atoms with Gasteiger partial charge < -0.3 is 31.0 Å². The van der Waals surface area contributed by atoms with Gasteiger partial charge in [0, 0.05) is 24.4 Å². The highest BCUT2D eigenvalue weighted by atomic mass is 16.5. The van der Waals surface area contributed by atoms with Gasteiger partial charge in [-0.2, -0.15) is 0 Å². The van der Waals surface area contributed by atoms with Crippen LogP contribution in [-0.2, 0) is 4.79 Å². The molecule has 7 heteroatoms. The van der Waals surface area contributed by atoms with Crippen molar-refractivity contribution in [3.05, 3.63) is 12.1 Å². The Morgan fingerprint density at radius 3 is 2.35 bits per heavy atom. The third-order valence-electron chi connectivity index (χ3n) is 2.53. The van der Waals surface area contributed by atoms with Crippen LogP contribution in [0.15, 0.2) is 12.1 Å². The molecule has 0 saturated carbocycles. The van der Waals surface area contributed by atoms with Crippen molar-refractivity contribution in [2.45, 2.75) is 6.42 Å². The molecule has 20 heavy (non-hydrogen) atoms. The summed E-state index contributed by atoms with van der Waals surface area (Å²) >= 11 is 0. The first-order chi connectivity index (χ1) is 9.62. The van der Waals surface area contributed by atoms with E-state index in [1.54, 1.807) is 12.1 Å². The molecule has 0 aliphatic carbocycles. The molecule has 0 unspecified atom stereocenters. The molecule has 0 fully saturated rings. The van der Waals surface area contributed by atoms with Crippen LogP contribution in [0.2, 0.25) is 0 Å². The zero-order chi connectivity index (χ0) is 15.0. The van der Waals surface area contributed by atoms with Crippen molar-refractivity contribution in [2.75, 3.05) is 39.6 Å².